The third-order valence-electron chi connectivity index (χ3n) is 6.50. The lowest BCUT2D eigenvalue weighted by Crippen LogP contribution is -2.47. The van der Waals surface area contributed by atoms with E-state index in [1.807, 2.05) is 26.8 Å². The summed E-state index contributed by atoms with van der Waals surface area (Å²) < 4.78 is 5.50. The smallest absolute Gasteiger partial charge is 0.408 e. The van der Waals surface area contributed by atoms with E-state index in [2.05, 4.69) is 44.2 Å². The predicted octanol–water partition coefficient (Wildman–Crippen LogP) is 6.19. The molecule has 1 aliphatic rings. The van der Waals surface area contributed by atoms with Crippen molar-refractivity contribution in [1.29, 1.82) is 0 Å². The highest BCUT2D eigenvalue weighted by atomic mass is 28.3. The van der Waals surface area contributed by atoms with E-state index in [1.54, 1.807) is 12.3 Å². The molecule has 0 radical (unpaired) electrons. The molecule has 1 N–H and O–H groups in total. The van der Waals surface area contributed by atoms with E-state index in [9.17, 15) is 14.9 Å². The van der Waals surface area contributed by atoms with E-state index < -0.39 is 24.7 Å². The lowest BCUT2D eigenvalue weighted by Gasteiger charge is -2.42. The fraction of sp³-hybridized carbons (Fsp3) is 0.652. The van der Waals surface area contributed by atoms with Crippen LogP contribution in [0.4, 0.5) is 10.5 Å². The van der Waals surface area contributed by atoms with Crippen LogP contribution in [-0.4, -0.2) is 35.7 Å². The Bertz CT molecular complexity index is 853. The number of alkyl carbamates (subject to hydrolysis) is 1. The molecule has 0 fully saturated rings. The summed E-state index contributed by atoms with van der Waals surface area (Å²) in [4.78, 5) is 27.6. The Morgan fingerprint density at radius 3 is 2.48 bits per heavy atom. The lowest BCUT2D eigenvalue weighted by atomic mass is 9.84. The summed E-state index contributed by atoms with van der Waals surface area (Å²) >= 11 is 0. The molecule has 7 nitrogen and oxygen atoms in total. The average Bonchev–Trinajstić information content (AvgIpc) is 2.60. The molecule has 1 amide bonds. The Balaban J connectivity index is 2.39. The van der Waals surface area contributed by atoms with Gasteiger partial charge in [-0.25, -0.2) is 4.79 Å². The van der Waals surface area contributed by atoms with Crippen LogP contribution in [0.2, 0.25) is 24.2 Å². The van der Waals surface area contributed by atoms with Crippen molar-refractivity contribution < 1.29 is 14.5 Å². The van der Waals surface area contributed by atoms with Crippen molar-refractivity contribution in [3.63, 3.8) is 0 Å². The number of hydrogen-bond donors (Lipinski definition) is 1. The van der Waals surface area contributed by atoms with E-state index in [0.29, 0.717) is 5.56 Å². The number of carbonyl (C=O) groups excluding carboxylic acids is 1. The maximum atomic E-state index is 12.6. The molecule has 1 aliphatic carbocycles. The van der Waals surface area contributed by atoms with Crippen LogP contribution in [0.5, 0.6) is 0 Å². The number of allylic oxidation sites excluding steroid dienone is 1. The second-order valence-electron chi connectivity index (χ2n) is 11.2. The van der Waals surface area contributed by atoms with Crippen molar-refractivity contribution in [3.8, 4) is 0 Å². The number of amides is 1. The third-order valence-corrected chi connectivity index (χ3v) is 12.1. The predicted molar refractivity (Wildman–Crippen MR) is 127 cm³/mol. The maximum Gasteiger partial charge on any atom is 0.408 e. The number of ether oxygens (including phenoxy) is 1. The molecular weight excluding hydrogens is 410 g/mol. The van der Waals surface area contributed by atoms with Gasteiger partial charge in [-0.2, -0.15) is 0 Å². The van der Waals surface area contributed by atoms with Crippen LogP contribution in [0, 0.1) is 16.0 Å². The minimum Gasteiger partial charge on any atom is -0.444 e. The summed E-state index contributed by atoms with van der Waals surface area (Å²) in [6.45, 7) is 17.2. The number of nitro groups is 1. The van der Waals surface area contributed by atoms with Crippen molar-refractivity contribution in [2.75, 3.05) is 0 Å². The molecule has 0 bridgehead atoms. The molecule has 0 aliphatic heterocycles. The summed E-state index contributed by atoms with van der Waals surface area (Å²) in [6.07, 6.45) is 5.98. The Kier molecular flexibility index (Phi) is 7.35. The molecule has 2 rings (SSSR count). The lowest BCUT2D eigenvalue weighted by molar-refractivity contribution is -0.385. The normalized spacial score (nSPS) is 20.1. The molecule has 8 heteroatoms. The first-order chi connectivity index (χ1) is 14.1. The van der Waals surface area contributed by atoms with Crippen LogP contribution in [0.15, 0.2) is 24.5 Å². The van der Waals surface area contributed by atoms with Crippen LogP contribution in [0.1, 0.15) is 59.9 Å². The van der Waals surface area contributed by atoms with Gasteiger partial charge < -0.3 is 10.1 Å². The number of aromatic nitrogens is 1. The van der Waals surface area contributed by atoms with Crippen LogP contribution in [0.25, 0.3) is 5.57 Å². The van der Waals surface area contributed by atoms with E-state index >= 15 is 0 Å². The maximum absolute atomic E-state index is 12.6. The summed E-state index contributed by atoms with van der Waals surface area (Å²) in [5.41, 5.74) is 0.848. The molecule has 1 heterocycles. The molecule has 31 heavy (non-hydrogen) atoms. The van der Waals surface area contributed by atoms with Gasteiger partial charge in [-0.15, -0.1) is 0 Å². The quantitative estimate of drug-likeness (QED) is 0.330. The van der Waals surface area contributed by atoms with Gasteiger partial charge in [-0.05, 0) is 56.2 Å². The average molecular weight is 448 g/mol. The van der Waals surface area contributed by atoms with Gasteiger partial charge in [0.25, 0.3) is 5.69 Å². The van der Waals surface area contributed by atoms with Crippen LogP contribution >= 0.6 is 0 Å². The SMILES string of the molecule is CC(C)(C)OC(=O)NC1C=C(c2ccncc2[N+](=O)[O-])CCC1C[Si](C)(C)C(C)(C)C. The summed E-state index contributed by atoms with van der Waals surface area (Å²) in [6, 6.07) is 2.50. The monoisotopic (exact) mass is 447 g/mol. The number of hydrogen-bond acceptors (Lipinski definition) is 5. The standard InChI is InChI=1S/C23H37N3O4Si/c1-22(2,3)30-21(27)25-19-13-16(18-11-12-24-14-20(18)26(28)29)9-10-17(19)15-31(7,8)23(4,5)6/h11-14,17,19H,9-10,15H2,1-8H3,(H,25,27). The van der Waals surface area contributed by atoms with Crippen molar-refractivity contribution in [2.45, 2.75) is 90.2 Å². The van der Waals surface area contributed by atoms with Gasteiger partial charge in [0.1, 0.15) is 11.8 Å². The molecule has 0 aromatic carbocycles. The van der Waals surface area contributed by atoms with Crippen molar-refractivity contribution in [1.82, 2.24) is 10.3 Å². The number of carbonyl (C=O) groups is 1. The zero-order valence-electron chi connectivity index (χ0n) is 20.1. The highest BCUT2D eigenvalue weighted by Gasteiger charge is 2.40. The molecule has 1 aromatic rings. The Morgan fingerprint density at radius 1 is 1.29 bits per heavy atom. The first kappa shape index (κ1) is 25.0. The summed E-state index contributed by atoms with van der Waals surface area (Å²) in [5, 5.41) is 14.8. The van der Waals surface area contributed by atoms with E-state index in [1.165, 1.54) is 6.20 Å². The number of nitrogens with one attached hydrogen (secondary N) is 1. The fourth-order valence-corrected chi connectivity index (χ4v) is 6.16. The second kappa shape index (κ2) is 9.10. The van der Waals surface area contributed by atoms with Crippen LogP contribution in [0.3, 0.4) is 0 Å². The summed E-state index contributed by atoms with van der Waals surface area (Å²) in [7, 11) is -1.60. The van der Waals surface area contributed by atoms with Crippen molar-refractivity contribution in [3.05, 3.63) is 40.2 Å². The first-order valence-electron chi connectivity index (χ1n) is 10.9. The molecule has 2 atom stereocenters. The molecule has 0 saturated carbocycles. The fourth-order valence-electron chi connectivity index (χ4n) is 3.78. The Morgan fingerprint density at radius 2 is 1.94 bits per heavy atom. The van der Waals surface area contributed by atoms with E-state index in [0.717, 1.165) is 24.5 Å². The topological polar surface area (TPSA) is 94.4 Å². The highest BCUT2D eigenvalue weighted by Crippen LogP contribution is 2.44. The van der Waals surface area contributed by atoms with Crippen molar-refractivity contribution in [2.24, 2.45) is 5.92 Å². The van der Waals surface area contributed by atoms with Gasteiger partial charge >= 0.3 is 6.09 Å². The number of nitrogens with zero attached hydrogens (tertiary/aromatic N) is 2. The zero-order valence-corrected chi connectivity index (χ0v) is 21.1. The van der Waals surface area contributed by atoms with E-state index in [-0.39, 0.29) is 22.7 Å². The van der Waals surface area contributed by atoms with Gasteiger partial charge in [0.2, 0.25) is 0 Å². The number of pyridine rings is 1. The Hall–Kier alpha value is -2.22. The molecule has 0 spiro atoms. The molecular formula is C23H37N3O4Si. The summed E-state index contributed by atoms with van der Waals surface area (Å²) in [5.74, 6) is 0.262. The molecule has 1 aromatic heterocycles. The zero-order chi connectivity index (χ0) is 23.6. The minimum atomic E-state index is -1.60. The van der Waals surface area contributed by atoms with Gasteiger partial charge in [-0.3, -0.25) is 15.1 Å². The third kappa shape index (κ3) is 6.63. The van der Waals surface area contributed by atoms with Gasteiger partial charge in [-0.1, -0.05) is 46.0 Å². The van der Waals surface area contributed by atoms with Crippen LogP contribution in [-0.2, 0) is 4.74 Å². The van der Waals surface area contributed by atoms with Crippen molar-refractivity contribution >= 4 is 25.4 Å². The first-order valence-corrected chi connectivity index (χ1v) is 14.1. The largest absolute Gasteiger partial charge is 0.444 e. The van der Waals surface area contributed by atoms with Crippen LogP contribution < -0.4 is 5.32 Å². The molecule has 172 valence electrons. The van der Waals surface area contributed by atoms with E-state index in [4.69, 9.17) is 4.74 Å². The molecule has 0 saturated heterocycles. The van der Waals surface area contributed by atoms with Gasteiger partial charge in [0.15, 0.2) is 0 Å². The minimum absolute atomic E-state index is 0.00684. The van der Waals surface area contributed by atoms with Gasteiger partial charge in [0.05, 0.1) is 24.6 Å². The second-order valence-corrected chi connectivity index (χ2v) is 16.8. The molecule has 2 unspecified atom stereocenters. The number of rotatable bonds is 5. The highest BCUT2D eigenvalue weighted by molar-refractivity contribution is 6.80. The van der Waals surface area contributed by atoms with Gasteiger partial charge in [0, 0.05) is 6.20 Å². The Labute approximate surface area is 186 Å².